The standard InChI is InChI=1S/C12H19NO4/c1-2-3-5-12(6-4-7-12)9-17-11(16)13-8-10(14)15/h2H,1,3-9H2,(H,13,16)(H,14,15). The van der Waals surface area contributed by atoms with Crippen LogP contribution in [0.15, 0.2) is 12.7 Å². The van der Waals surface area contributed by atoms with Crippen molar-refractivity contribution in [2.45, 2.75) is 32.1 Å². The predicted octanol–water partition coefficient (Wildman–Crippen LogP) is 1.93. The summed E-state index contributed by atoms with van der Waals surface area (Å²) >= 11 is 0. The number of hydrogen-bond acceptors (Lipinski definition) is 3. The van der Waals surface area contributed by atoms with Crippen LogP contribution < -0.4 is 5.32 Å². The molecule has 1 saturated carbocycles. The zero-order chi connectivity index (χ0) is 12.7. The minimum atomic E-state index is -1.08. The van der Waals surface area contributed by atoms with Gasteiger partial charge in [0, 0.05) is 5.41 Å². The Morgan fingerprint density at radius 1 is 1.47 bits per heavy atom. The SMILES string of the molecule is C=CCCC1(COC(=O)NCC(=O)O)CCC1. The molecule has 0 radical (unpaired) electrons. The van der Waals surface area contributed by atoms with Crippen molar-refractivity contribution >= 4 is 12.1 Å². The van der Waals surface area contributed by atoms with Gasteiger partial charge in [0.25, 0.3) is 0 Å². The maximum absolute atomic E-state index is 11.2. The lowest BCUT2D eigenvalue weighted by Crippen LogP contribution is -2.38. The van der Waals surface area contributed by atoms with E-state index < -0.39 is 18.6 Å². The van der Waals surface area contributed by atoms with Crippen LogP contribution in [-0.4, -0.2) is 30.3 Å². The topological polar surface area (TPSA) is 75.6 Å². The average Bonchev–Trinajstić information content (AvgIpc) is 2.24. The first kappa shape index (κ1) is 13.5. The third-order valence-corrected chi connectivity index (χ3v) is 3.19. The summed E-state index contributed by atoms with van der Waals surface area (Å²) in [4.78, 5) is 21.4. The molecule has 5 nitrogen and oxygen atoms in total. The van der Waals surface area contributed by atoms with E-state index in [4.69, 9.17) is 9.84 Å². The highest BCUT2D eigenvalue weighted by molar-refractivity contribution is 5.76. The Morgan fingerprint density at radius 3 is 2.65 bits per heavy atom. The molecule has 5 heteroatoms. The van der Waals surface area contributed by atoms with Crippen molar-refractivity contribution in [3.8, 4) is 0 Å². The number of amides is 1. The summed E-state index contributed by atoms with van der Waals surface area (Å²) in [6.07, 6.45) is 6.39. The molecule has 1 fully saturated rings. The molecule has 1 aliphatic carbocycles. The van der Waals surface area contributed by atoms with Crippen molar-refractivity contribution in [1.29, 1.82) is 0 Å². The van der Waals surface area contributed by atoms with E-state index in [9.17, 15) is 9.59 Å². The molecule has 1 aliphatic rings. The maximum atomic E-state index is 11.2. The van der Waals surface area contributed by atoms with Crippen molar-refractivity contribution in [1.82, 2.24) is 5.32 Å². The molecule has 0 saturated heterocycles. The zero-order valence-corrected chi connectivity index (χ0v) is 9.91. The number of ether oxygens (including phenoxy) is 1. The van der Waals surface area contributed by atoms with Crippen LogP contribution in [-0.2, 0) is 9.53 Å². The second-order valence-electron chi connectivity index (χ2n) is 4.50. The van der Waals surface area contributed by atoms with Crippen LogP contribution in [0.25, 0.3) is 0 Å². The molecule has 0 aromatic carbocycles. The molecule has 0 unspecified atom stereocenters. The van der Waals surface area contributed by atoms with Crippen LogP contribution in [0, 0.1) is 5.41 Å². The molecule has 0 aromatic heterocycles. The van der Waals surface area contributed by atoms with Crippen LogP contribution in [0.1, 0.15) is 32.1 Å². The van der Waals surface area contributed by atoms with Gasteiger partial charge in [-0.05, 0) is 25.7 Å². The highest BCUT2D eigenvalue weighted by atomic mass is 16.5. The van der Waals surface area contributed by atoms with Gasteiger partial charge in [-0.2, -0.15) is 0 Å². The van der Waals surface area contributed by atoms with Crippen LogP contribution in [0.4, 0.5) is 4.79 Å². The fraction of sp³-hybridized carbons (Fsp3) is 0.667. The van der Waals surface area contributed by atoms with E-state index in [1.807, 2.05) is 6.08 Å². The summed E-state index contributed by atoms with van der Waals surface area (Å²) in [5.74, 6) is -1.08. The predicted molar refractivity (Wildman–Crippen MR) is 62.7 cm³/mol. The second-order valence-corrected chi connectivity index (χ2v) is 4.50. The highest BCUT2D eigenvalue weighted by Gasteiger charge is 2.37. The van der Waals surface area contributed by atoms with Crippen LogP contribution in [0.5, 0.6) is 0 Å². The number of nitrogens with one attached hydrogen (secondary N) is 1. The lowest BCUT2D eigenvalue weighted by Gasteiger charge is -2.41. The highest BCUT2D eigenvalue weighted by Crippen LogP contribution is 2.45. The Balaban J connectivity index is 2.25. The van der Waals surface area contributed by atoms with Gasteiger partial charge in [-0.15, -0.1) is 6.58 Å². The van der Waals surface area contributed by atoms with Crippen molar-refractivity contribution in [2.24, 2.45) is 5.41 Å². The molecule has 0 aromatic rings. The van der Waals surface area contributed by atoms with E-state index in [0.29, 0.717) is 6.61 Å². The second kappa shape index (κ2) is 6.27. The molecule has 0 atom stereocenters. The molecular weight excluding hydrogens is 222 g/mol. The van der Waals surface area contributed by atoms with Gasteiger partial charge in [-0.1, -0.05) is 12.5 Å². The van der Waals surface area contributed by atoms with E-state index in [-0.39, 0.29) is 5.41 Å². The normalized spacial score (nSPS) is 16.7. The van der Waals surface area contributed by atoms with E-state index >= 15 is 0 Å². The molecule has 2 N–H and O–H groups in total. The maximum Gasteiger partial charge on any atom is 0.407 e. The van der Waals surface area contributed by atoms with Crippen molar-refractivity contribution in [2.75, 3.05) is 13.2 Å². The van der Waals surface area contributed by atoms with Gasteiger partial charge in [0.1, 0.15) is 6.54 Å². The molecule has 1 rings (SSSR count). The Bertz CT molecular complexity index is 297. The Hall–Kier alpha value is -1.52. The zero-order valence-electron chi connectivity index (χ0n) is 9.91. The molecule has 1 amide bonds. The number of carboxylic acids is 1. The molecular formula is C12H19NO4. The largest absolute Gasteiger partial charge is 0.480 e. The minimum Gasteiger partial charge on any atom is -0.480 e. The van der Waals surface area contributed by atoms with E-state index in [0.717, 1.165) is 32.1 Å². The third kappa shape index (κ3) is 4.46. The fourth-order valence-electron chi connectivity index (χ4n) is 1.97. The Morgan fingerprint density at radius 2 is 2.18 bits per heavy atom. The number of alkyl carbamates (subject to hydrolysis) is 1. The van der Waals surface area contributed by atoms with Gasteiger partial charge in [0.2, 0.25) is 0 Å². The van der Waals surface area contributed by atoms with E-state index in [2.05, 4.69) is 11.9 Å². The number of aliphatic carboxylic acids is 1. The summed E-state index contributed by atoms with van der Waals surface area (Å²) in [5.41, 5.74) is 0.0920. The van der Waals surface area contributed by atoms with Gasteiger partial charge in [-0.3, -0.25) is 4.79 Å². The van der Waals surface area contributed by atoms with Crippen molar-refractivity contribution in [3.05, 3.63) is 12.7 Å². The minimum absolute atomic E-state index is 0.0920. The average molecular weight is 241 g/mol. The molecule has 0 spiro atoms. The number of carbonyl (C=O) groups excluding carboxylic acids is 1. The quantitative estimate of drug-likeness (QED) is 0.668. The number of carboxylic acid groups (broad SMARTS) is 1. The van der Waals surface area contributed by atoms with Gasteiger partial charge in [0.15, 0.2) is 0 Å². The molecule has 96 valence electrons. The summed E-state index contributed by atoms with van der Waals surface area (Å²) in [6.45, 7) is 3.64. The molecule has 0 heterocycles. The summed E-state index contributed by atoms with van der Waals surface area (Å²) < 4.78 is 5.05. The lowest BCUT2D eigenvalue weighted by molar-refractivity contribution is -0.135. The van der Waals surface area contributed by atoms with Crippen LogP contribution in [0.3, 0.4) is 0 Å². The van der Waals surface area contributed by atoms with Gasteiger partial charge in [-0.25, -0.2) is 4.79 Å². The van der Waals surface area contributed by atoms with Gasteiger partial charge >= 0.3 is 12.1 Å². The van der Waals surface area contributed by atoms with E-state index in [1.165, 1.54) is 0 Å². The Labute approximate surface area is 101 Å². The first-order valence-corrected chi connectivity index (χ1v) is 5.81. The summed E-state index contributed by atoms with van der Waals surface area (Å²) in [5, 5.41) is 10.6. The molecule has 17 heavy (non-hydrogen) atoms. The monoisotopic (exact) mass is 241 g/mol. The first-order chi connectivity index (χ1) is 8.08. The van der Waals surface area contributed by atoms with Crippen molar-refractivity contribution in [3.63, 3.8) is 0 Å². The summed E-state index contributed by atoms with van der Waals surface area (Å²) in [7, 11) is 0. The lowest BCUT2D eigenvalue weighted by atomic mass is 9.66. The molecule has 0 bridgehead atoms. The molecule has 0 aliphatic heterocycles. The van der Waals surface area contributed by atoms with Crippen molar-refractivity contribution < 1.29 is 19.4 Å². The van der Waals surface area contributed by atoms with Crippen LogP contribution >= 0.6 is 0 Å². The Kier molecular flexibility index (Phi) is 5.00. The summed E-state index contributed by atoms with van der Waals surface area (Å²) in [6, 6.07) is 0. The number of hydrogen-bond donors (Lipinski definition) is 2. The third-order valence-electron chi connectivity index (χ3n) is 3.19. The first-order valence-electron chi connectivity index (χ1n) is 5.81. The van der Waals surface area contributed by atoms with Gasteiger partial charge in [0.05, 0.1) is 6.61 Å². The number of rotatable bonds is 7. The fourth-order valence-corrected chi connectivity index (χ4v) is 1.97. The van der Waals surface area contributed by atoms with E-state index in [1.54, 1.807) is 0 Å². The number of allylic oxidation sites excluding steroid dienone is 1. The number of carbonyl (C=O) groups is 2. The smallest absolute Gasteiger partial charge is 0.407 e. The van der Waals surface area contributed by atoms with Crippen LogP contribution in [0.2, 0.25) is 0 Å². The van der Waals surface area contributed by atoms with Gasteiger partial charge < -0.3 is 15.2 Å².